The molecule has 0 aliphatic carbocycles. The number of hydrogen-bond donors (Lipinski definition) is 2. The minimum Gasteiger partial charge on any atom is -0.326 e. The van der Waals surface area contributed by atoms with Gasteiger partial charge in [0.05, 0.1) is 5.69 Å². The van der Waals surface area contributed by atoms with Crippen molar-refractivity contribution < 1.29 is 4.79 Å². The maximum atomic E-state index is 11.3. The van der Waals surface area contributed by atoms with Gasteiger partial charge < -0.3 is 5.32 Å². The average molecular weight is 278 g/mol. The van der Waals surface area contributed by atoms with Gasteiger partial charge in [-0.15, -0.1) is 0 Å². The summed E-state index contributed by atoms with van der Waals surface area (Å²) < 4.78 is 0. The fourth-order valence-electron chi connectivity index (χ4n) is 2.09. The molecule has 1 amide bonds. The zero-order valence-corrected chi connectivity index (χ0v) is 11.5. The summed E-state index contributed by atoms with van der Waals surface area (Å²) in [7, 11) is 0. The summed E-state index contributed by atoms with van der Waals surface area (Å²) in [4.78, 5) is 15.8. The number of rotatable bonds is 3. The molecule has 2 aromatic carbocycles. The Morgan fingerprint density at radius 3 is 2.52 bits per heavy atom. The van der Waals surface area contributed by atoms with Gasteiger partial charge >= 0.3 is 0 Å². The predicted molar refractivity (Wildman–Crippen MR) is 81.6 cm³/mol. The number of hydrogen-bond acceptors (Lipinski definition) is 3. The van der Waals surface area contributed by atoms with Crippen LogP contribution in [0.5, 0.6) is 0 Å². The van der Waals surface area contributed by atoms with Crippen LogP contribution in [0.4, 0.5) is 5.69 Å². The largest absolute Gasteiger partial charge is 0.326 e. The highest BCUT2D eigenvalue weighted by atomic mass is 16.1. The molecule has 0 saturated heterocycles. The molecule has 3 aromatic rings. The number of aromatic nitrogens is 3. The number of aromatic amines is 1. The average Bonchev–Trinajstić information content (AvgIpc) is 2.98. The van der Waals surface area contributed by atoms with Gasteiger partial charge in [0.25, 0.3) is 0 Å². The SMILES string of the molecule is CC(=O)Nc1ccccc1-c1nc(-c2ccccc2)n[nH]1. The highest BCUT2D eigenvalue weighted by Gasteiger charge is 2.11. The molecule has 0 aliphatic rings. The molecule has 3 rings (SSSR count). The van der Waals surface area contributed by atoms with Gasteiger partial charge in [-0.05, 0) is 12.1 Å². The minimum absolute atomic E-state index is 0.120. The molecule has 0 fully saturated rings. The number of nitrogens with one attached hydrogen (secondary N) is 2. The van der Waals surface area contributed by atoms with Crippen molar-refractivity contribution in [3.8, 4) is 22.8 Å². The van der Waals surface area contributed by atoms with Crippen molar-refractivity contribution in [2.75, 3.05) is 5.32 Å². The Morgan fingerprint density at radius 2 is 1.76 bits per heavy atom. The Bertz CT molecular complexity index is 765. The van der Waals surface area contributed by atoms with Gasteiger partial charge in [-0.2, -0.15) is 5.10 Å². The zero-order chi connectivity index (χ0) is 14.7. The van der Waals surface area contributed by atoms with Crippen LogP contribution in [0.2, 0.25) is 0 Å². The molecule has 0 bridgehead atoms. The molecule has 5 heteroatoms. The predicted octanol–water partition coefficient (Wildman–Crippen LogP) is 3.10. The molecule has 1 heterocycles. The molecule has 1 aromatic heterocycles. The lowest BCUT2D eigenvalue weighted by molar-refractivity contribution is -0.114. The number of nitrogens with zero attached hydrogens (tertiary/aromatic N) is 2. The summed E-state index contributed by atoms with van der Waals surface area (Å²) in [6.07, 6.45) is 0. The lowest BCUT2D eigenvalue weighted by atomic mass is 10.1. The van der Waals surface area contributed by atoms with Crippen LogP contribution >= 0.6 is 0 Å². The van der Waals surface area contributed by atoms with Gasteiger partial charge in [0, 0.05) is 18.1 Å². The number of carbonyl (C=O) groups is 1. The van der Waals surface area contributed by atoms with E-state index in [9.17, 15) is 4.79 Å². The zero-order valence-electron chi connectivity index (χ0n) is 11.5. The number of carbonyl (C=O) groups excluding carboxylic acids is 1. The summed E-state index contributed by atoms with van der Waals surface area (Å²) in [5.41, 5.74) is 2.46. The van der Waals surface area contributed by atoms with Crippen molar-refractivity contribution in [3.05, 3.63) is 54.6 Å². The van der Waals surface area contributed by atoms with Crippen molar-refractivity contribution in [3.63, 3.8) is 0 Å². The van der Waals surface area contributed by atoms with E-state index in [0.717, 1.165) is 11.1 Å². The van der Waals surface area contributed by atoms with Crippen LogP contribution in [0.1, 0.15) is 6.92 Å². The molecule has 0 spiro atoms. The lowest BCUT2D eigenvalue weighted by Crippen LogP contribution is -2.07. The molecular formula is C16H14N4O. The van der Waals surface area contributed by atoms with Crippen LogP contribution in [0.15, 0.2) is 54.6 Å². The first-order valence-corrected chi connectivity index (χ1v) is 6.59. The van der Waals surface area contributed by atoms with Crippen LogP contribution in [0, 0.1) is 0 Å². The van der Waals surface area contributed by atoms with E-state index in [1.807, 2.05) is 54.6 Å². The summed E-state index contributed by atoms with van der Waals surface area (Å²) in [6.45, 7) is 1.48. The molecule has 5 nitrogen and oxygen atoms in total. The summed E-state index contributed by atoms with van der Waals surface area (Å²) in [5, 5.41) is 9.95. The van der Waals surface area contributed by atoms with Crippen LogP contribution < -0.4 is 5.32 Å². The van der Waals surface area contributed by atoms with E-state index >= 15 is 0 Å². The highest BCUT2D eigenvalue weighted by molar-refractivity contribution is 5.93. The van der Waals surface area contributed by atoms with E-state index < -0.39 is 0 Å². The quantitative estimate of drug-likeness (QED) is 0.773. The molecule has 21 heavy (non-hydrogen) atoms. The number of H-pyrrole nitrogens is 1. The van der Waals surface area contributed by atoms with E-state index in [0.29, 0.717) is 17.3 Å². The van der Waals surface area contributed by atoms with Crippen molar-refractivity contribution in [1.82, 2.24) is 15.2 Å². The van der Waals surface area contributed by atoms with E-state index in [1.54, 1.807) is 0 Å². The molecule has 0 atom stereocenters. The maximum Gasteiger partial charge on any atom is 0.221 e. The second kappa shape index (κ2) is 5.58. The fraction of sp³-hybridized carbons (Fsp3) is 0.0625. The van der Waals surface area contributed by atoms with E-state index in [2.05, 4.69) is 20.5 Å². The monoisotopic (exact) mass is 278 g/mol. The summed E-state index contributed by atoms with van der Waals surface area (Å²) in [6, 6.07) is 17.2. The summed E-state index contributed by atoms with van der Waals surface area (Å²) >= 11 is 0. The standard InChI is InChI=1S/C16H14N4O/c1-11(21)17-14-10-6-5-9-13(14)16-18-15(19-20-16)12-7-3-2-4-8-12/h2-10H,1H3,(H,17,21)(H,18,19,20). The summed E-state index contributed by atoms with van der Waals surface area (Å²) in [5.74, 6) is 1.13. The van der Waals surface area contributed by atoms with Gasteiger partial charge in [-0.1, -0.05) is 42.5 Å². The van der Waals surface area contributed by atoms with Gasteiger partial charge in [0.1, 0.15) is 0 Å². The van der Waals surface area contributed by atoms with Crippen molar-refractivity contribution in [2.24, 2.45) is 0 Å². The first-order chi connectivity index (χ1) is 10.2. The number of amides is 1. The number of benzene rings is 2. The van der Waals surface area contributed by atoms with Crippen molar-refractivity contribution >= 4 is 11.6 Å². The topological polar surface area (TPSA) is 70.7 Å². The minimum atomic E-state index is -0.120. The second-order valence-corrected chi connectivity index (χ2v) is 4.60. The number of anilines is 1. The molecule has 2 N–H and O–H groups in total. The van der Waals surface area contributed by atoms with Crippen molar-refractivity contribution in [1.29, 1.82) is 0 Å². The first kappa shape index (κ1) is 13.1. The van der Waals surface area contributed by atoms with Gasteiger partial charge in [-0.3, -0.25) is 9.89 Å². The third kappa shape index (κ3) is 2.81. The molecule has 0 aliphatic heterocycles. The molecule has 0 radical (unpaired) electrons. The van der Waals surface area contributed by atoms with Gasteiger partial charge in [0.15, 0.2) is 11.6 Å². The van der Waals surface area contributed by atoms with Crippen LogP contribution in [-0.2, 0) is 4.79 Å². The van der Waals surface area contributed by atoms with E-state index in [-0.39, 0.29) is 5.91 Å². The van der Waals surface area contributed by atoms with E-state index in [4.69, 9.17) is 0 Å². The van der Waals surface area contributed by atoms with Crippen molar-refractivity contribution in [2.45, 2.75) is 6.92 Å². The highest BCUT2D eigenvalue weighted by Crippen LogP contribution is 2.26. The first-order valence-electron chi connectivity index (χ1n) is 6.59. The Kier molecular flexibility index (Phi) is 3.47. The lowest BCUT2D eigenvalue weighted by Gasteiger charge is -2.06. The van der Waals surface area contributed by atoms with Crippen LogP contribution in [0.3, 0.4) is 0 Å². The third-order valence-electron chi connectivity index (χ3n) is 3.01. The fourth-order valence-corrected chi connectivity index (χ4v) is 2.09. The smallest absolute Gasteiger partial charge is 0.221 e. The number of para-hydroxylation sites is 1. The molecular weight excluding hydrogens is 264 g/mol. The van der Waals surface area contributed by atoms with Gasteiger partial charge in [-0.25, -0.2) is 4.98 Å². The molecule has 104 valence electrons. The third-order valence-corrected chi connectivity index (χ3v) is 3.01. The Balaban J connectivity index is 1.99. The molecule has 0 unspecified atom stereocenters. The Morgan fingerprint density at radius 1 is 1.05 bits per heavy atom. The van der Waals surface area contributed by atoms with Gasteiger partial charge in [0.2, 0.25) is 5.91 Å². The second-order valence-electron chi connectivity index (χ2n) is 4.60. The van der Waals surface area contributed by atoms with Crippen LogP contribution in [0.25, 0.3) is 22.8 Å². The molecule has 0 saturated carbocycles. The maximum absolute atomic E-state index is 11.3. The van der Waals surface area contributed by atoms with Crippen LogP contribution in [-0.4, -0.2) is 21.1 Å². The normalized spacial score (nSPS) is 10.3. The Labute approximate surface area is 122 Å². The Hall–Kier alpha value is -2.95. The van der Waals surface area contributed by atoms with E-state index in [1.165, 1.54) is 6.92 Å².